The number of hydrogen-bond donors (Lipinski definition) is 0. The predicted molar refractivity (Wildman–Crippen MR) is 80.1 cm³/mol. The van der Waals surface area contributed by atoms with E-state index < -0.39 is 0 Å². The SMILES string of the molecule is O=Cc1ccc(COc2ccc3ccccc3c2)cc1. The van der Waals surface area contributed by atoms with E-state index >= 15 is 0 Å². The molecule has 98 valence electrons. The van der Waals surface area contributed by atoms with Crippen molar-refractivity contribution in [2.75, 3.05) is 0 Å². The van der Waals surface area contributed by atoms with E-state index in [4.69, 9.17) is 4.74 Å². The summed E-state index contributed by atoms with van der Waals surface area (Å²) >= 11 is 0. The largest absolute Gasteiger partial charge is 0.489 e. The maximum atomic E-state index is 10.6. The Morgan fingerprint density at radius 2 is 1.60 bits per heavy atom. The molecular formula is C18H14O2. The maximum absolute atomic E-state index is 10.6. The average molecular weight is 262 g/mol. The Balaban J connectivity index is 1.74. The Bertz CT molecular complexity index is 730. The average Bonchev–Trinajstić information content (AvgIpc) is 2.53. The van der Waals surface area contributed by atoms with E-state index in [0.717, 1.165) is 17.6 Å². The first kappa shape index (κ1) is 12.4. The molecule has 0 unspecified atom stereocenters. The number of benzene rings is 3. The molecule has 0 atom stereocenters. The van der Waals surface area contributed by atoms with Gasteiger partial charge in [0.05, 0.1) is 0 Å². The van der Waals surface area contributed by atoms with Gasteiger partial charge >= 0.3 is 0 Å². The Labute approximate surface area is 117 Å². The Morgan fingerprint density at radius 1 is 0.850 bits per heavy atom. The van der Waals surface area contributed by atoms with Gasteiger partial charge < -0.3 is 4.74 Å². The van der Waals surface area contributed by atoms with Crippen LogP contribution in [0, 0.1) is 0 Å². The summed E-state index contributed by atoms with van der Waals surface area (Å²) in [6.45, 7) is 0.497. The summed E-state index contributed by atoms with van der Waals surface area (Å²) in [5, 5.41) is 2.37. The van der Waals surface area contributed by atoms with Crippen LogP contribution < -0.4 is 4.74 Å². The lowest BCUT2D eigenvalue weighted by Crippen LogP contribution is -1.95. The molecule has 2 heteroatoms. The zero-order chi connectivity index (χ0) is 13.8. The van der Waals surface area contributed by atoms with Crippen LogP contribution in [0.15, 0.2) is 66.7 Å². The predicted octanol–water partition coefficient (Wildman–Crippen LogP) is 4.23. The molecule has 0 heterocycles. The smallest absolute Gasteiger partial charge is 0.150 e. The van der Waals surface area contributed by atoms with Gasteiger partial charge in [-0.15, -0.1) is 0 Å². The number of aldehydes is 1. The molecule has 3 rings (SSSR count). The third-order valence-electron chi connectivity index (χ3n) is 3.24. The van der Waals surface area contributed by atoms with E-state index in [1.54, 1.807) is 12.1 Å². The van der Waals surface area contributed by atoms with Gasteiger partial charge in [-0.1, -0.05) is 54.6 Å². The van der Waals surface area contributed by atoms with E-state index in [9.17, 15) is 4.79 Å². The highest BCUT2D eigenvalue weighted by atomic mass is 16.5. The van der Waals surface area contributed by atoms with Gasteiger partial charge in [0.15, 0.2) is 0 Å². The normalized spacial score (nSPS) is 10.4. The van der Waals surface area contributed by atoms with Gasteiger partial charge in [-0.2, -0.15) is 0 Å². The third-order valence-corrected chi connectivity index (χ3v) is 3.24. The molecule has 3 aromatic rings. The zero-order valence-electron chi connectivity index (χ0n) is 11.0. The molecule has 0 aromatic heterocycles. The summed E-state index contributed by atoms with van der Waals surface area (Å²) in [6.07, 6.45) is 0.841. The molecule has 0 N–H and O–H groups in total. The molecule has 0 aliphatic rings. The van der Waals surface area contributed by atoms with Crippen LogP contribution in [0.2, 0.25) is 0 Å². The van der Waals surface area contributed by atoms with Crippen LogP contribution in [0.4, 0.5) is 0 Å². The summed E-state index contributed by atoms with van der Waals surface area (Å²) in [6, 6.07) is 21.7. The third kappa shape index (κ3) is 2.69. The topological polar surface area (TPSA) is 26.3 Å². The van der Waals surface area contributed by atoms with E-state index in [0.29, 0.717) is 12.2 Å². The van der Waals surface area contributed by atoms with Crippen LogP contribution >= 0.6 is 0 Å². The van der Waals surface area contributed by atoms with Crippen molar-refractivity contribution in [1.29, 1.82) is 0 Å². The van der Waals surface area contributed by atoms with Gasteiger partial charge in [0.25, 0.3) is 0 Å². The minimum absolute atomic E-state index is 0.497. The summed E-state index contributed by atoms with van der Waals surface area (Å²) in [5.41, 5.74) is 1.73. The summed E-state index contributed by atoms with van der Waals surface area (Å²) in [5.74, 6) is 0.850. The molecule has 0 aliphatic heterocycles. The molecule has 2 nitrogen and oxygen atoms in total. The standard InChI is InChI=1S/C18H14O2/c19-12-14-5-7-15(8-6-14)13-20-18-10-9-16-3-1-2-4-17(16)11-18/h1-12H,13H2. The van der Waals surface area contributed by atoms with E-state index in [1.165, 1.54) is 10.8 Å². The lowest BCUT2D eigenvalue weighted by molar-refractivity contribution is 0.112. The monoisotopic (exact) mass is 262 g/mol. The zero-order valence-corrected chi connectivity index (χ0v) is 11.0. The molecule has 0 fully saturated rings. The van der Waals surface area contributed by atoms with Crippen molar-refractivity contribution in [3.8, 4) is 5.75 Å². The molecule has 0 bridgehead atoms. The van der Waals surface area contributed by atoms with Crippen molar-refractivity contribution in [1.82, 2.24) is 0 Å². The molecule has 0 amide bonds. The second-order valence-electron chi connectivity index (χ2n) is 4.66. The summed E-state index contributed by atoms with van der Waals surface area (Å²) in [4.78, 5) is 10.6. The molecule has 0 saturated heterocycles. The highest BCUT2D eigenvalue weighted by Gasteiger charge is 1.99. The van der Waals surface area contributed by atoms with Crippen molar-refractivity contribution in [2.24, 2.45) is 0 Å². The van der Waals surface area contributed by atoms with Gasteiger partial charge in [0.1, 0.15) is 18.6 Å². The molecular weight excluding hydrogens is 248 g/mol. The summed E-state index contributed by atoms with van der Waals surface area (Å²) < 4.78 is 5.79. The van der Waals surface area contributed by atoms with Gasteiger partial charge in [0, 0.05) is 5.56 Å². The fourth-order valence-electron chi connectivity index (χ4n) is 2.12. The summed E-state index contributed by atoms with van der Waals surface area (Å²) in [7, 11) is 0. The number of ether oxygens (including phenoxy) is 1. The quantitative estimate of drug-likeness (QED) is 0.658. The Kier molecular flexibility index (Phi) is 3.46. The van der Waals surface area contributed by atoms with Crippen molar-refractivity contribution in [2.45, 2.75) is 6.61 Å². The number of fused-ring (bicyclic) bond motifs is 1. The molecule has 0 spiro atoms. The van der Waals surface area contributed by atoms with Gasteiger partial charge in [0.2, 0.25) is 0 Å². The fraction of sp³-hybridized carbons (Fsp3) is 0.0556. The fourth-order valence-corrected chi connectivity index (χ4v) is 2.12. The molecule has 0 radical (unpaired) electrons. The Morgan fingerprint density at radius 3 is 2.35 bits per heavy atom. The van der Waals surface area contributed by atoms with Crippen molar-refractivity contribution in [3.63, 3.8) is 0 Å². The van der Waals surface area contributed by atoms with Crippen molar-refractivity contribution in [3.05, 3.63) is 77.9 Å². The minimum Gasteiger partial charge on any atom is -0.489 e. The second kappa shape index (κ2) is 5.57. The second-order valence-corrected chi connectivity index (χ2v) is 4.66. The first-order valence-corrected chi connectivity index (χ1v) is 6.51. The van der Waals surface area contributed by atoms with Gasteiger partial charge in [-0.05, 0) is 28.5 Å². The van der Waals surface area contributed by atoms with Crippen LogP contribution in [0.1, 0.15) is 15.9 Å². The molecule has 3 aromatic carbocycles. The number of carbonyl (C=O) groups excluding carboxylic acids is 1. The van der Waals surface area contributed by atoms with Crippen LogP contribution in [0.25, 0.3) is 10.8 Å². The van der Waals surface area contributed by atoms with Crippen LogP contribution in [0.5, 0.6) is 5.75 Å². The van der Waals surface area contributed by atoms with E-state index in [1.807, 2.05) is 36.4 Å². The first-order valence-electron chi connectivity index (χ1n) is 6.51. The highest BCUT2D eigenvalue weighted by molar-refractivity contribution is 5.83. The lowest BCUT2D eigenvalue weighted by Gasteiger charge is -2.07. The van der Waals surface area contributed by atoms with Crippen LogP contribution in [-0.4, -0.2) is 6.29 Å². The number of hydrogen-bond acceptors (Lipinski definition) is 2. The maximum Gasteiger partial charge on any atom is 0.150 e. The first-order chi connectivity index (χ1) is 9.85. The van der Waals surface area contributed by atoms with Crippen LogP contribution in [0.3, 0.4) is 0 Å². The van der Waals surface area contributed by atoms with E-state index in [-0.39, 0.29) is 0 Å². The van der Waals surface area contributed by atoms with Gasteiger partial charge in [-0.25, -0.2) is 0 Å². The van der Waals surface area contributed by atoms with Crippen molar-refractivity contribution >= 4 is 17.1 Å². The van der Waals surface area contributed by atoms with Gasteiger partial charge in [-0.3, -0.25) is 4.79 Å². The number of rotatable bonds is 4. The molecule has 20 heavy (non-hydrogen) atoms. The van der Waals surface area contributed by atoms with Crippen LogP contribution in [-0.2, 0) is 6.61 Å². The minimum atomic E-state index is 0.497. The number of carbonyl (C=O) groups is 1. The Hall–Kier alpha value is -2.61. The molecule has 0 saturated carbocycles. The van der Waals surface area contributed by atoms with E-state index in [2.05, 4.69) is 18.2 Å². The highest BCUT2D eigenvalue weighted by Crippen LogP contribution is 2.21. The lowest BCUT2D eigenvalue weighted by atomic mass is 10.1. The van der Waals surface area contributed by atoms with Crippen molar-refractivity contribution < 1.29 is 9.53 Å². The molecule has 0 aliphatic carbocycles.